The minimum Gasteiger partial charge on any atom is -0.490 e. The monoisotopic (exact) mass is 593 g/mol. The fourth-order valence-electron chi connectivity index (χ4n) is 5.12. The number of fused-ring (bicyclic) bond motifs is 1. The molecule has 1 aromatic carbocycles. The van der Waals surface area contributed by atoms with Crippen molar-refractivity contribution in [1.82, 2.24) is 18.4 Å². The third kappa shape index (κ3) is 6.45. The molecule has 14 heteroatoms. The highest BCUT2D eigenvalue weighted by molar-refractivity contribution is 7.87. The van der Waals surface area contributed by atoms with Crippen molar-refractivity contribution < 1.29 is 36.2 Å². The van der Waals surface area contributed by atoms with Gasteiger partial charge in [-0.2, -0.15) is 12.7 Å². The molecule has 0 spiro atoms. The fourth-order valence-corrected chi connectivity index (χ4v) is 5.93. The SMILES string of the molecule is COCCN(C)S(=O)(=O)NC(=O)c1cnc2ccc(N3C[C@@H](F)C[C@@H]3c3cc(F)ccc3OC3CCOCC3)cn12. The number of carbonyl (C=O) groups is 1. The first-order chi connectivity index (χ1) is 19.7. The van der Waals surface area contributed by atoms with Gasteiger partial charge in [0.05, 0.1) is 37.7 Å². The number of aromatic nitrogens is 2. The van der Waals surface area contributed by atoms with Crippen molar-refractivity contribution in [1.29, 1.82) is 0 Å². The summed E-state index contributed by atoms with van der Waals surface area (Å²) in [6.45, 7) is 1.41. The van der Waals surface area contributed by atoms with Crippen LogP contribution in [0.5, 0.6) is 5.75 Å². The summed E-state index contributed by atoms with van der Waals surface area (Å²) < 4.78 is 75.6. The van der Waals surface area contributed by atoms with Gasteiger partial charge < -0.3 is 19.1 Å². The molecule has 0 aliphatic carbocycles. The summed E-state index contributed by atoms with van der Waals surface area (Å²) in [5.74, 6) is -0.839. The van der Waals surface area contributed by atoms with Gasteiger partial charge in [-0.05, 0) is 30.3 Å². The molecule has 0 bridgehead atoms. The topological polar surface area (TPSA) is 115 Å². The molecule has 41 heavy (non-hydrogen) atoms. The highest BCUT2D eigenvalue weighted by Crippen LogP contribution is 2.42. The van der Waals surface area contributed by atoms with Crippen LogP contribution in [0.15, 0.2) is 42.7 Å². The van der Waals surface area contributed by atoms with Gasteiger partial charge in [-0.1, -0.05) is 0 Å². The van der Waals surface area contributed by atoms with Crippen molar-refractivity contribution in [3.05, 3.63) is 59.8 Å². The Bertz CT molecular complexity index is 1500. The van der Waals surface area contributed by atoms with Crippen LogP contribution in [0.3, 0.4) is 0 Å². The number of alkyl halides is 1. The van der Waals surface area contributed by atoms with E-state index in [0.29, 0.717) is 48.7 Å². The molecule has 1 amide bonds. The van der Waals surface area contributed by atoms with Crippen LogP contribution in [-0.2, 0) is 19.7 Å². The van der Waals surface area contributed by atoms with E-state index in [1.54, 1.807) is 29.3 Å². The number of methoxy groups -OCH3 is 1. The number of hydrogen-bond donors (Lipinski definition) is 1. The van der Waals surface area contributed by atoms with E-state index in [-0.39, 0.29) is 37.9 Å². The van der Waals surface area contributed by atoms with Crippen LogP contribution < -0.4 is 14.4 Å². The van der Waals surface area contributed by atoms with E-state index in [0.717, 1.165) is 4.31 Å². The average Bonchev–Trinajstić information content (AvgIpc) is 3.56. The third-order valence-electron chi connectivity index (χ3n) is 7.34. The molecule has 222 valence electrons. The quantitative estimate of drug-likeness (QED) is 0.382. The molecule has 0 unspecified atom stereocenters. The molecule has 2 atom stereocenters. The minimum atomic E-state index is -4.13. The second-order valence-electron chi connectivity index (χ2n) is 10.1. The standard InChI is InChI=1S/C27H33F2N5O6S/c1-32(9-12-38-2)41(36,37)31-27(35)24-15-30-26-6-4-20(17-34(24)26)33-16-19(29)14-23(33)22-13-18(28)3-5-25(22)40-21-7-10-39-11-8-21/h3-6,13,15,17,19,21,23H,7-12,14,16H2,1-2H3,(H,31,35)/t19-,23+/m0/s1. The molecule has 2 aromatic heterocycles. The molecule has 2 aliphatic rings. The van der Waals surface area contributed by atoms with E-state index in [4.69, 9.17) is 14.2 Å². The first-order valence-corrected chi connectivity index (χ1v) is 14.8. The van der Waals surface area contributed by atoms with Gasteiger partial charge in [0.15, 0.2) is 0 Å². The summed E-state index contributed by atoms with van der Waals surface area (Å²) in [6, 6.07) is 7.14. The summed E-state index contributed by atoms with van der Waals surface area (Å²) in [5.41, 5.74) is 1.46. The number of rotatable bonds is 10. The number of nitrogens with zero attached hydrogens (tertiary/aromatic N) is 4. The van der Waals surface area contributed by atoms with Crippen molar-refractivity contribution in [2.75, 3.05) is 52.0 Å². The maximum atomic E-state index is 14.9. The number of amides is 1. The van der Waals surface area contributed by atoms with Crippen LogP contribution in [0.1, 0.15) is 41.4 Å². The Labute approximate surface area is 237 Å². The predicted molar refractivity (Wildman–Crippen MR) is 147 cm³/mol. The Morgan fingerprint density at radius 2 is 2.02 bits per heavy atom. The fraction of sp³-hybridized carbons (Fsp3) is 0.481. The maximum Gasteiger partial charge on any atom is 0.303 e. The van der Waals surface area contributed by atoms with Crippen molar-refractivity contribution in [3.63, 3.8) is 0 Å². The van der Waals surface area contributed by atoms with Crippen molar-refractivity contribution in [3.8, 4) is 5.75 Å². The zero-order valence-electron chi connectivity index (χ0n) is 22.8. The molecule has 0 saturated carbocycles. The number of carbonyl (C=O) groups excluding carboxylic acids is 1. The van der Waals surface area contributed by atoms with E-state index >= 15 is 0 Å². The second kappa shape index (κ2) is 12.3. The van der Waals surface area contributed by atoms with Crippen LogP contribution in [0, 0.1) is 5.82 Å². The molecule has 11 nitrogen and oxygen atoms in total. The minimum absolute atomic E-state index is 0.0209. The Balaban J connectivity index is 1.43. The van der Waals surface area contributed by atoms with Gasteiger partial charge in [0.25, 0.3) is 5.91 Å². The smallest absolute Gasteiger partial charge is 0.303 e. The average molecular weight is 594 g/mol. The maximum absolute atomic E-state index is 14.9. The summed E-state index contributed by atoms with van der Waals surface area (Å²) in [4.78, 5) is 19.0. The first-order valence-electron chi connectivity index (χ1n) is 13.4. The van der Waals surface area contributed by atoms with E-state index in [1.807, 2.05) is 4.72 Å². The summed E-state index contributed by atoms with van der Waals surface area (Å²) in [6.07, 6.45) is 3.13. The van der Waals surface area contributed by atoms with Crippen LogP contribution in [0.25, 0.3) is 5.65 Å². The van der Waals surface area contributed by atoms with Crippen LogP contribution in [0.4, 0.5) is 14.5 Å². The third-order valence-corrected chi connectivity index (χ3v) is 8.79. The summed E-state index contributed by atoms with van der Waals surface area (Å²) >= 11 is 0. The predicted octanol–water partition coefficient (Wildman–Crippen LogP) is 2.87. The zero-order chi connectivity index (χ0) is 29.1. The van der Waals surface area contributed by atoms with E-state index in [1.165, 1.54) is 36.9 Å². The Morgan fingerprint density at radius 1 is 1.24 bits per heavy atom. The molecular weight excluding hydrogens is 560 g/mol. The molecule has 2 fully saturated rings. The Hall–Kier alpha value is -3.33. The highest BCUT2D eigenvalue weighted by Gasteiger charge is 2.36. The molecular formula is C27H33F2N5O6S. The van der Waals surface area contributed by atoms with Gasteiger partial charge in [-0.25, -0.2) is 18.5 Å². The van der Waals surface area contributed by atoms with Gasteiger partial charge in [0, 0.05) is 58.3 Å². The van der Waals surface area contributed by atoms with Crippen LogP contribution in [0.2, 0.25) is 0 Å². The molecule has 4 heterocycles. The van der Waals surface area contributed by atoms with Crippen molar-refractivity contribution in [2.45, 2.75) is 37.6 Å². The molecule has 2 aliphatic heterocycles. The Morgan fingerprint density at radius 3 is 2.78 bits per heavy atom. The van der Waals surface area contributed by atoms with Crippen molar-refractivity contribution in [2.24, 2.45) is 0 Å². The lowest BCUT2D eigenvalue weighted by Gasteiger charge is -2.30. The van der Waals surface area contributed by atoms with Gasteiger partial charge in [-0.3, -0.25) is 9.20 Å². The van der Waals surface area contributed by atoms with Crippen LogP contribution in [-0.4, -0.2) is 87.4 Å². The largest absolute Gasteiger partial charge is 0.490 e. The number of pyridine rings is 1. The molecule has 5 rings (SSSR count). The summed E-state index contributed by atoms with van der Waals surface area (Å²) in [5, 5.41) is 0. The van der Waals surface area contributed by atoms with Gasteiger partial charge >= 0.3 is 10.2 Å². The molecule has 3 aromatic rings. The van der Waals surface area contributed by atoms with Gasteiger partial charge in [-0.15, -0.1) is 0 Å². The van der Waals surface area contributed by atoms with E-state index < -0.39 is 34.1 Å². The number of halogens is 2. The first kappa shape index (κ1) is 29.2. The van der Waals surface area contributed by atoms with Gasteiger partial charge in [0.2, 0.25) is 0 Å². The van der Waals surface area contributed by atoms with Crippen molar-refractivity contribution >= 4 is 27.5 Å². The second-order valence-corrected chi connectivity index (χ2v) is 11.9. The number of nitrogens with one attached hydrogen (secondary N) is 1. The number of anilines is 1. The summed E-state index contributed by atoms with van der Waals surface area (Å²) in [7, 11) is -1.36. The van der Waals surface area contributed by atoms with Crippen LogP contribution >= 0.6 is 0 Å². The lowest BCUT2D eigenvalue weighted by Crippen LogP contribution is -2.43. The number of ether oxygens (including phenoxy) is 3. The molecule has 1 N–H and O–H groups in total. The lowest BCUT2D eigenvalue weighted by molar-refractivity contribution is 0.0250. The number of hydrogen-bond acceptors (Lipinski definition) is 8. The lowest BCUT2D eigenvalue weighted by atomic mass is 10.0. The number of benzene rings is 1. The normalized spacial score (nSPS) is 20.2. The number of imidazole rings is 1. The zero-order valence-corrected chi connectivity index (χ0v) is 23.6. The molecule has 0 radical (unpaired) electrons. The van der Waals surface area contributed by atoms with E-state index in [9.17, 15) is 22.0 Å². The highest BCUT2D eigenvalue weighted by atomic mass is 32.2. The Kier molecular flexibility index (Phi) is 8.73. The molecule has 2 saturated heterocycles. The number of likely N-dealkylation sites (N-methyl/N-ethyl adjacent to an activating group) is 1. The van der Waals surface area contributed by atoms with Gasteiger partial charge in [0.1, 0.15) is 35.2 Å². The van der Waals surface area contributed by atoms with E-state index in [2.05, 4.69) is 4.98 Å².